The van der Waals surface area contributed by atoms with E-state index in [1.54, 1.807) is 0 Å². The molecule has 0 bridgehead atoms. The van der Waals surface area contributed by atoms with E-state index in [0.717, 1.165) is 6.42 Å². The topological polar surface area (TPSA) is 69.2 Å². The third-order valence-corrected chi connectivity index (χ3v) is 2.90. The SMILES string of the molecule is CCC(C)NC(=O)CON=Cc1ccc(OC(F)F)c(OC)c1. The largest absolute Gasteiger partial charge is 0.493 e. The number of rotatable bonds is 9. The highest BCUT2D eigenvalue weighted by Crippen LogP contribution is 2.28. The Kier molecular flexibility index (Phi) is 7.79. The van der Waals surface area contributed by atoms with Gasteiger partial charge in [0.1, 0.15) is 0 Å². The van der Waals surface area contributed by atoms with Crippen LogP contribution in [0.5, 0.6) is 11.5 Å². The highest BCUT2D eigenvalue weighted by Gasteiger charge is 2.10. The fourth-order valence-corrected chi connectivity index (χ4v) is 1.57. The Morgan fingerprint density at radius 1 is 1.39 bits per heavy atom. The van der Waals surface area contributed by atoms with Crippen molar-refractivity contribution < 1.29 is 27.9 Å². The number of oxime groups is 1. The molecule has 0 radical (unpaired) electrons. The van der Waals surface area contributed by atoms with Crippen molar-refractivity contribution in [2.24, 2.45) is 5.16 Å². The maximum Gasteiger partial charge on any atom is 0.387 e. The number of alkyl halides is 2. The van der Waals surface area contributed by atoms with Gasteiger partial charge < -0.3 is 19.6 Å². The zero-order valence-corrected chi connectivity index (χ0v) is 13.2. The summed E-state index contributed by atoms with van der Waals surface area (Å²) in [5.41, 5.74) is 0.547. The second-order valence-electron chi connectivity index (χ2n) is 4.67. The van der Waals surface area contributed by atoms with Gasteiger partial charge in [-0.25, -0.2) is 0 Å². The van der Waals surface area contributed by atoms with E-state index in [2.05, 4.69) is 15.2 Å². The van der Waals surface area contributed by atoms with Crippen LogP contribution in [0.15, 0.2) is 23.4 Å². The number of nitrogens with one attached hydrogen (secondary N) is 1. The van der Waals surface area contributed by atoms with Gasteiger partial charge in [0.15, 0.2) is 18.1 Å². The van der Waals surface area contributed by atoms with E-state index in [0.29, 0.717) is 5.56 Å². The molecule has 1 aromatic rings. The smallest absolute Gasteiger partial charge is 0.387 e. The Bertz CT molecular complexity index is 538. The van der Waals surface area contributed by atoms with Crippen LogP contribution in [0.25, 0.3) is 0 Å². The first-order valence-electron chi connectivity index (χ1n) is 7.03. The molecule has 0 saturated heterocycles. The van der Waals surface area contributed by atoms with Crippen LogP contribution in [0.3, 0.4) is 0 Å². The van der Waals surface area contributed by atoms with E-state index in [4.69, 9.17) is 9.57 Å². The van der Waals surface area contributed by atoms with Crippen molar-refractivity contribution in [1.29, 1.82) is 0 Å². The minimum absolute atomic E-state index is 0.0710. The lowest BCUT2D eigenvalue weighted by Crippen LogP contribution is -2.34. The summed E-state index contributed by atoms with van der Waals surface area (Å²) in [6.07, 6.45) is 2.16. The van der Waals surface area contributed by atoms with Crippen molar-refractivity contribution >= 4 is 12.1 Å². The Labute approximate surface area is 133 Å². The summed E-state index contributed by atoms with van der Waals surface area (Å²) < 4.78 is 33.7. The molecule has 23 heavy (non-hydrogen) atoms. The summed E-state index contributed by atoms with van der Waals surface area (Å²) in [7, 11) is 1.34. The van der Waals surface area contributed by atoms with Crippen LogP contribution >= 0.6 is 0 Å². The Hall–Kier alpha value is -2.38. The standard InChI is InChI=1S/C15H20F2N2O4/c1-4-10(2)19-14(20)9-22-18-8-11-5-6-12(23-15(16)17)13(7-11)21-3/h5-8,10,15H,4,9H2,1-3H3,(H,19,20). The molecule has 0 aliphatic rings. The first-order valence-corrected chi connectivity index (χ1v) is 7.03. The van der Waals surface area contributed by atoms with Gasteiger partial charge in [-0.3, -0.25) is 4.79 Å². The highest BCUT2D eigenvalue weighted by molar-refractivity contribution is 5.81. The van der Waals surface area contributed by atoms with E-state index >= 15 is 0 Å². The van der Waals surface area contributed by atoms with E-state index in [9.17, 15) is 13.6 Å². The van der Waals surface area contributed by atoms with Gasteiger partial charge >= 0.3 is 6.61 Å². The number of methoxy groups -OCH3 is 1. The van der Waals surface area contributed by atoms with Crippen molar-refractivity contribution in [1.82, 2.24) is 5.32 Å². The maximum atomic E-state index is 12.2. The molecule has 8 heteroatoms. The van der Waals surface area contributed by atoms with Crippen molar-refractivity contribution in [3.63, 3.8) is 0 Å². The summed E-state index contributed by atoms with van der Waals surface area (Å²) in [6, 6.07) is 4.37. The van der Waals surface area contributed by atoms with Gasteiger partial charge in [0.2, 0.25) is 0 Å². The van der Waals surface area contributed by atoms with E-state index in [1.165, 1.54) is 31.5 Å². The number of amides is 1. The molecule has 1 amide bonds. The Morgan fingerprint density at radius 2 is 2.13 bits per heavy atom. The fourth-order valence-electron chi connectivity index (χ4n) is 1.57. The first kappa shape index (κ1) is 18.7. The van der Waals surface area contributed by atoms with Crippen LogP contribution in [-0.4, -0.2) is 38.5 Å². The van der Waals surface area contributed by atoms with Gasteiger partial charge in [0, 0.05) is 11.6 Å². The number of carbonyl (C=O) groups excluding carboxylic acids is 1. The average Bonchev–Trinajstić information content (AvgIpc) is 2.52. The van der Waals surface area contributed by atoms with Crippen LogP contribution in [0.4, 0.5) is 8.78 Å². The number of ether oxygens (including phenoxy) is 2. The van der Waals surface area contributed by atoms with Gasteiger partial charge in [0.25, 0.3) is 5.91 Å². The molecule has 1 aromatic carbocycles. The number of benzene rings is 1. The molecule has 0 saturated carbocycles. The number of carbonyl (C=O) groups is 1. The summed E-state index contributed by atoms with van der Waals surface area (Å²) in [5.74, 6) is -0.202. The Morgan fingerprint density at radius 3 is 2.74 bits per heavy atom. The molecular formula is C15H20F2N2O4. The molecule has 0 aromatic heterocycles. The normalized spacial score (nSPS) is 12.3. The van der Waals surface area contributed by atoms with Gasteiger partial charge in [-0.15, -0.1) is 0 Å². The Balaban J connectivity index is 2.55. The summed E-state index contributed by atoms with van der Waals surface area (Å²) in [4.78, 5) is 16.3. The van der Waals surface area contributed by atoms with Crippen LogP contribution < -0.4 is 14.8 Å². The van der Waals surface area contributed by atoms with E-state index in [1.807, 2.05) is 13.8 Å². The molecule has 1 unspecified atom stereocenters. The van der Waals surface area contributed by atoms with E-state index < -0.39 is 6.61 Å². The second-order valence-corrected chi connectivity index (χ2v) is 4.67. The molecule has 128 valence electrons. The van der Waals surface area contributed by atoms with Crippen molar-refractivity contribution in [3.05, 3.63) is 23.8 Å². The molecule has 0 fully saturated rings. The minimum atomic E-state index is -2.93. The average molecular weight is 330 g/mol. The van der Waals surface area contributed by atoms with Crippen LogP contribution in [-0.2, 0) is 9.63 Å². The van der Waals surface area contributed by atoms with Gasteiger partial charge in [-0.05, 0) is 31.5 Å². The lowest BCUT2D eigenvalue weighted by Gasteiger charge is -2.10. The third-order valence-electron chi connectivity index (χ3n) is 2.90. The molecule has 0 spiro atoms. The highest BCUT2D eigenvalue weighted by atomic mass is 19.3. The van der Waals surface area contributed by atoms with Crippen molar-refractivity contribution in [2.75, 3.05) is 13.7 Å². The van der Waals surface area contributed by atoms with E-state index in [-0.39, 0.29) is 30.1 Å². The number of hydrogen-bond donors (Lipinski definition) is 1. The zero-order valence-electron chi connectivity index (χ0n) is 13.2. The predicted octanol–water partition coefficient (Wildman–Crippen LogP) is 2.56. The number of nitrogens with zero attached hydrogens (tertiary/aromatic N) is 1. The molecule has 1 N–H and O–H groups in total. The first-order chi connectivity index (χ1) is 11.0. The molecule has 1 atom stereocenters. The maximum absolute atomic E-state index is 12.2. The van der Waals surface area contributed by atoms with Gasteiger partial charge in [-0.2, -0.15) is 8.78 Å². The lowest BCUT2D eigenvalue weighted by molar-refractivity contribution is -0.126. The second kappa shape index (κ2) is 9.60. The van der Waals surface area contributed by atoms with Gasteiger partial charge in [0.05, 0.1) is 13.3 Å². The van der Waals surface area contributed by atoms with Crippen molar-refractivity contribution in [2.45, 2.75) is 32.9 Å². The lowest BCUT2D eigenvalue weighted by atomic mass is 10.2. The molecule has 0 heterocycles. The van der Waals surface area contributed by atoms with Crippen LogP contribution in [0, 0.1) is 0 Å². The minimum Gasteiger partial charge on any atom is -0.493 e. The molecule has 0 aliphatic heterocycles. The van der Waals surface area contributed by atoms with Crippen LogP contribution in [0.2, 0.25) is 0 Å². The number of hydrogen-bond acceptors (Lipinski definition) is 5. The summed E-state index contributed by atoms with van der Waals surface area (Å²) >= 11 is 0. The van der Waals surface area contributed by atoms with Gasteiger partial charge in [-0.1, -0.05) is 12.1 Å². The monoisotopic (exact) mass is 330 g/mol. The predicted molar refractivity (Wildman–Crippen MR) is 81.1 cm³/mol. The number of halogens is 2. The summed E-state index contributed by atoms with van der Waals surface area (Å²) in [6.45, 7) is 0.704. The zero-order chi connectivity index (χ0) is 17.2. The fraction of sp³-hybridized carbons (Fsp3) is 0.467. The molecule has 0 aliphatic carbocycles. The third kappa shape index (κ3) is 6.94. The van der Waals surface area contributed by atoms with Crippen molar-refractivity contribution in [3.8, 4) is 11.5 Å². The summed E-state index contributed by atoms with van der Waals surface area (Å²) in [5, 5.41) is 6.38. The quantitative estimate of drug-likeness (QED) is 0.558. The van der Waals surface area contributed by atoms with Crippen LogP contribution in [0.1, 0.15) is 25.8 Å². The molecule has 6 nitrogen and oxygen atoms in total. The molecule has 1 rings (SSSR count). The molecular weight excluding hydrogens is 310 g/mol.